The quantitative estimate of drug-likeness (QED) is 0.778. The van der Waals surface area contributed by atoms with E-state index in [0.717, 1.165) is 28.5 Å². The largest absolute Gasteiger partial charge is 0.494 e. The summed E-state index contributed by atoms with van der Waals surface area (Å²) >= 11 is 0. The Bertz CT molecular complexity index is 869. The molecule has 0 aliphatic heterocycles. The highest BCUT2D eigenvalue weighted by molar-refractivity contribution is 5.62. The summed E-state index contributed by atoms with van der Waals surface area (Å²) in [5, 5.41) is 3.26. The Labute approximate surface area is 140 Å². The second kappa shape index (κ2) is 5.96. The molecule has 0 radical (unpaired) electrons. The Balaban J connectivity index is 1.61. The van der Waals surface area contributed by atoms with Crippen LogP contribution in [0, 0.1) is 6.92 Å². The Morgan fingerprint density at radius 1 is 1.21 bits per heavy atom. The maximum Gasteiger partial charge on any atom is 0.227 e. The van der Waals surface area contributed by atoms with Gasteiger partial charge in [0.2, 0.25) is 5.95 Å². The lowest BCUT2D eigenvalue weighted by Crippen LogP contribution is -2.01. The SMILES string of the molecule is COc1cc(Nc2nccc(C3CC3)n2)ccc1-n1cnc(C)c1. The van der Waals surface area contributed by atoms with Crippen LogP contribution in [-0.2, 0) is 0 Å². The first kappa shape index (κ1) is 14.7. The molecule has 1 aliphatic carbocycles. The minimum atomic E-state index is 0.606. The maximum absolute atomic E-state index is 5.53. The number of rotatable bonds is 5. The van der Waals surface area contributed by atoms with Crippen molar-refractivity contribution in [3.63, 3.8) is 0 Å². The fourth-order valence-corrected chi connectivity index (χ4v) is 2.69. The Morgan fingerprint density at radius 2 is 2.08 bits per heavy atom. The van der Waals surface area contributed by atoms with Crippen molar-refractivity contribution >= 4 is 11.6 Å². The molecule has 6 nitrogen and oxygen atoms in total. The van der Waals surface area contributed by atoms with Crippen molar-refractivity contribution < 1.29 is 4.74 Å². The minimum absolute atomic E-state index is 0.606. The van der Waals surface area contributed by atoms with Crippen molar-refractivity contribution in [3.05, 3.63) is 54.4 Å². The first-order valence-electron chi connectivity index (χ1n) is 8.02. The van der Waals surface area contributed by atoms with Crippen molar-refractivity contribution in [3.8, 4) is 11.4 Å². The molecule has 0 atom stereocenters. The predicted molar refractivity (Wildman–Crippen MR) is 92.1 cm³/mol. The summed E-state index contributed by atoms with van der Waals surface area (Å²) in [5.41, 5.74) is 3.91. The van der Waals surface area contributed by atoms with Gasteiger partial charge < -0.3 is 14.6 Å². The van der Waals surface area contributed by atoms with E-state index >= 15 is 0 Å². The van der Waals surface area contributed by atoms with Gasteiger partial charge in [-0.25, -0.2) is 15.0 Å². The monoisotopic (exact) mass is 321 g/mol. The highest BCUT2D eigenvalue weighted by Gasteiger charge is 2.25. The summed E-state index contributed by atoms with van der Waals surface area (Å²) in [6, 6.07) is 7.92. The lowest BCUT2D eigenvalue weighted by Gasteiger charge is -2.12. The average molecular weight is 321 g/mol. The van der Waals surface area contributed by atoms with Crippen LogP contribution in [0.1, 0.15) is 30.1 Å². The Morgan fingerprint density at radius 3 is 2.79 bits per heavy atom. The van der Waals surface area contributed by atoms with Crippen LogP contribution in [0.3, 0.4) is 0 Å². The zero-order valence-corrected chi connectivity index (χ0v) is 13.7. The standard InChI is InChI=1S/C18H19N5O/c1-12-10-23(11-20-12)16-6-5-14(9-17(16)24-2)21-18-19-8-7-15(22-18)13-3-4-13/h5-11,13H,3-4H2,1-2H3,(H,19,21,22). The summed E-state index contributed by atoms with van der Waals surface area (Å²) in [6.45, 7) is 1.96. The van der Waals surface area contributed by atoms with E-state index in [0.29, 0.717) is 11.9 Å². The molecule has 2 aromatic heterocycles. The van der Waals surface area contributed by atoms with Gasteiger partial charge in [0.1, 0.15) is 5.75 Å². The summed E-state index contributed by atoms with van der Waals surface area (Å²) in [7, 11) is 1.66. The molecule has 0 saturated heterocycles. The fraction of sp³-hybridized carbons (Fsp3) is 0.278. The molecule has 1 aliphatic rings. The third-order valence-electron chi connectivity index (χ3n) is 4.10. The molecule has 0 spiro atoms. The number of benzene rings is 1. The third kappa shape index (κ3) is 2.95. The van der Waals surface area contributed by atoms with E-state index in [-0.39, 0.29) is 0 Å². The smallest absolute Gasteiger partial charge is 0.227 e. The maximum atomic E-state index is 5.53. The van der Waals surface area contributed by atoms with Crippen molar-refractivity contribution in [1.29, 1.82) is 0 Å². The zero-order chi connectivity index (χ0) is 16.5. The second-order valence-electron chi connectivity index (χ2n) is 6.01. The van der Waals surface area contributed by atoms with Crippen LogP contribution in [0.2, 0.25) is 0 Å². The van der Waals surface area contributed by atoms with E-state index < -0.39 is 0 Å². The fourth-order valence-electron chi connectivity index (χ4n) is 2.69. The molecule has 1 N–H and O–H groups in total. The summed E-state index contributed by atoms with van der Waals surface area (Å²) in [6.07, 6.45) is 8.01. The molecule has 1 fully saturated rings. The number of aromatic nitrogens is 4. The molecule has 4 rings (SSSR count). The van der Waals surface area contributed by atoms with Crippen molar-refractivity contribution in [2.75, 3.05) is 12.4 Å². The van der Waals surface area contributed by atoms with Gasteiger partial charge in [0.25, 0.3) is 0 Å². The summed E-state index contributed by atoms with van der Waals surface area (Å²) < 4.78 is 7.48. The van der Waals surface area contributed by atoms with E-state index in [1.165, 1.54) is 12.8 Å². The van der Waals surface area contributed by atoms with E-state index in [4.69, 9.17) is 4.74 Å². The normalized spacial score (nSPS) is 13.8. The number of ether oxygens (including phenoxy) is 1. The van der Waals surface area contributed by atoms with Gasteiger partial charge in [0.05, 0.1) is 24.8 Å². The van der Waals surface area contributed by atoms with E-state index in [1.54, 1.807) is 13.4 Å². The lowest BCUT2D eigenvalue weighted by atomic mass is 10.2. The van der Waals surface area contributed by atoms with Gasteiger partial charge in [-0.1, -0.05) is 0 Å². The molecule has 1 aromatic carbocycles. The van der Waals surface area contributed by atoms with Gasteiger partial charge in [-0.15, -0.1) is 0 Å². The Hall–Kier alpha value is -2.89. The van der Waals surface area contributed by atoms with Crippen LogP contribution in [-0.4, -0.2) is 26.6 Å². The number of imidazole rings is 1. The molecule has 122 valence electrons. The summed E-state index contributed by atoms with van der Waals surface area (Å²) in [5.74, 6) is 1.98. The number of aryl methyl sites for hydroxylation is 1. The van der Waals surface area contributed by atoms with Crippen LogP contribution in [0.5, 0.6) is 5.75 Å². The first-order valence-corrected chi connectivity index (χ1v) is 8.02. The Kier molecular flexibility index (Phi) is 3.65. The molecular weight excluding hydrogens is 302 g/mol. The van der Waals surface area contributed by atoms with Gasteiger partial charge in [-0.05, 0) is 38.0 Å². The van der Waals surface area contributed by atoms with Crippen LogP contribution >= 0.6 is 0 Å². The van der Waals surface area contributed by atoms with Gasteiger partial charge in [0.15, 0.2) is 0 Å². The molecule has 0 amide bonds. The van der Waals surface area contributed by atoms with Gasteiger partial charge in [-0.2, -0.15) is 0 Å². The van der Waals surface area contributed by atoms with Crippen LogP contribution in [0.4, 0.5) is 11.6 Å². The van der Waals surface area contributed by atoms with Crippen LogP contribution in [0.15, 0.2) is 43.0 Å². The van der Waals surface area contributed by atoms with E-state index in [2.05, 4.69) is 20.3 Å². The number of anilines is 2. The van der Waals surface area contributed by atoms with E-state index in [9.17, 15) is 0 Å². The predicted octanol–water partition coefficient (Wildman–Crippen LogP) is 3.60. The van der Waals surface area contributed by atoms with Crippen molar-refractivity contribution in [1.82, 2.24) is 19.5 Å². The van der Waals surface area contributed by atoms with Gasteiger partial charge in [0, 0.05) is 35.8 Å². The average Bonchev–Trinajstić information content (AvgIpc) is 3.37. The summed E-state index contributed by atoms with van der Waals surface area (Å²) in [4.78, 5) is 13.2. The molecule has 2 heterocycles. The molecule has 24 heavy (non-hydrogen) atoms. The molecule has 0 bridgehead atoms. The highest BCUT2D eigenvalue weighted by atomic mass is 16.5. The van der Waals surface area contributed by atoms with Crippen molar-refractivity contribution in [2.45, 2.75) is 25.7 Å². The van der Waals surface area contributed by atoms with Gasteiger partial charge in [-0.3, -0.25) is 0 Å². The van der Waals surface area contributed by atoms with Gasteiger partial charge >= 0.3 is 0 Å². The molecule has 6 heteroatoms. The molecular formula is C18H19N5O. The van der Waals surface area contributed by atoms with E-state index in [1.807, 2.05) is 48.1 Å². The molecule has 3 aromatic rings. The number of nitrogens with one attached hydrogen (secondary N) is 1. The minimum Gasteiger partial charge on any atom is -0.494 e. The number of hydrogen-bond donors (Lipinski definition) is 1. The highest BCUT2D eigenvalue weighted by Crippen LogP contribution is 2.39. The zero-order valence-electron chi connectivity index (χ0n) is 13.7. The topological polar surface area (TPSA) is 64.9 Å². The number of nitrogens with zero attached hydrogens (tertiary/aromatic N) is 4. The number of methoxy groups -OCH3 is 1. The molecule has 1 saturated carbocycles. The van der Waals surface area contributed by atoms with Crippen molar-refractivity contribution in [2.24, 2.45) is 0 Å². The number of hydrogen-bond acceptors (Lipinski definition) is 5. The lowest BCUT2D eigenvalue weighted by molar-refractivity contribution is 0.413. The second-order valence-corrected chi connectivity index (χ2v) is 6.01. The first-order chi connectivity index (χ1) is 11.7. The van der Waals surface area contributed by atoms with Crippen LogP contribution < -0.4 is 10.1 Å². The molecule has 0 unspecified atom stereocenters. The third-order valence-corrected chi connectivity index (χ3v) is 4.10. The van der Waals surface area contributed by atoms with Crippen LogP contribution in [0.25, 0.3) is 5.69 Å².